The molecular weight excluding hydrogens is 368 g/mol. The minimum Gasteiger partial charge on any atom is -0.494 e. The SMILES string of the molecule is CCCN1c2cc(C)c(C=Nc3cc(Cl)ccc3OC)cc2C(C)CC1(C)C. The number of hydrogen-bond donors (Lipinski definition) is 0. The molecule has 2 aromatic carbocycles. The van der Waals surface area contributed by atoms with E-state index in [1.807, 2.05) is 24.4 Å². The number of aliphatic imine (C=N–C) groups is 1. The largest absolute Gasteiger partial charge is 0.494 e. The van der Waals surface area contributed by atoms with Gasteiger partial charge in [-0.25, -0.2) is 0 Å². The van der Waals surface area contributed by atoms with Gasteiger partial charge in [-0.2, -0.15) is 0 Å². The highest BCUT2D eigenvalue weighted by Crippen LogP contribution is 2.44. The molecule has 1 atom stereocenters. The van der Waals surface area contributed by atoms with Crippen molar-refractivity contribution >= 4 is 29.2 Å². The summed E-state index contributed by atoms with van der Waals surface area (Å²) in [6.07, 6.45) is 4.23. The van der Waals surface area contributed by atoms with E-state index in [2.05, 4.69) is 56.6 Å². The first-order chi connectivity index (χ1) is 13.3. The molecule has 1 aliphatic rings. The van der Waals surface area contributed by atoms with Crippen molar-refractivity contribution in [1.82, 2.24) is 0 Å². The van der Waals surface area contributed by atoms with Gasteiger partial charge in [-0.1, -0.05) is 25.4 Å². The van der Waals surface area contributed by atoms with Gasteiger partial charge in [-0.15, -0.1) is 0 Å². The Labute approximate surface area is 174 Å². The van der Waals surface area contributed by atoms with Crippen LogP contribution in [0.1, 0.15) is 63.1 Å². The van der Waals surface area contributed by atoms with Crippen molar-refractivity contribution in [3.05, 3.63) is 52.0 Å². The summed E-state index contributed by atoms with van der Waals surface area (Å²) < 4.78 is 5.41. The number of aryl methyl sites for hydroxylation is 1. The Hall–Kier alpha value is -2.00. The minimum absolute atomic E-state index is 0.179. The lowest BCUT2D eigenvalue weighted by molar-refractivity contribution is 0.376. The van der Waals surface area contributed by atoms with E-state index in [1.54, 1.807) is 7.11 Å². The van der Waals surface area contributed by atoms with Gasteiger partial charge in [0.2, 0.25) is 0 Å². The molecule has 1 unspecified atom stereocenters. The predicted octanol–water partition coefficient (Wildman–Crippen LogP) is 6.91. The highest BCUT2D eigenvalue weighted by atomic mass is 35.5. The Kier molecular flexibility index (Phi) is 6.04. The van der Waals surface area contributed by atoms with E-state index in [1.165, 1.54) is 16.8 Å². The first-order valence-corrected chi connectivity index (χ1v) is 10.4. The number of rotatable bonds is 5. The second-order valence-electron chi connectivity index (χ2n) is 8.41. The Morgan fingerprint density at radius 2 is 2.04 bits per heavy atom. The third-order valence-corrected chi connectivity index (χ3v) is 5.94. The summed E-state index contributed by atoms with van der Waals surface area (Å²) in [5.74, 6) is 1.24. The second kappa shape index (κ2) is 8.16. The quantitative estimate of drug-likeness (QED) is 0.511. The van der Waals surface area contributed by atoms with Crippen LogP contribution < -0.4 is 9.64 Å². The number of methoxy groups -OCH3 is 1. The molecule has 150 valence electrons. The first kappa shape index (κ1) is 20.7. The van der Waals surface area contributed by atoms with Gasteiger partial charge in [0, 0.05) is 29.0 Å². The van der Waals surface area contributed by atoms with Crippen LogP contribution >= 0.6 is 11.6 Å². The van der Waals surface area contributed by atoms with Crippen molar-refractivity contribution in [3.63, 3.8) is 0 Å². The molecule has 2 aromatic rings. The van der Waals surface area contributed by atoms with Gasteiger partial charge in [0.05, 0.1) is 7.11 Å². The molecule has 0 fully saturated rings. The summed E-state index contributed by atoms with van der Waals surface area (Å²) in [6, 6.07) is 10.1. The maximum absolute atomic E-state index is 6.14. The molecule has 0 aliphatic carbocycles. The van der Waals surface area contributed by atoms with E-state index in [0.717, 1.165) is 36.4 Å². The van der Waals surface area contributed by atoms with Gasteiger partial charge >= 0.3 is 0 Å². The maximum Gasteiger partial charge on any atom is 0.144 e. The summed E-state index contributed by atoms with van der Waals surface area (Å²) in [4.78, 5) is 7.26. The third-order valence-electron chi connectivity index (χ3n) is 5.70. The molecule has 3 nitrogen and oxygen atoms in total. The zero-order valence-corrected chi connectivity index (χ0v) is 18.6. The van der Waals surface area contributed by atoms with Gasteiger partial charge in [0.25, 0.3) is 0 Å². The Bertz CT molecular complexity index is 888. The molecule has 0 spiro atoms. The Balaban J connectivity index is 2.02. The summed E-state index contributed by atoms with van der Waals surface area (Å²) in [6.45, 7) is 12.5. The van der Waals surface area contributed by atoms with Gasteiger partial charge in [-0.3, -0.25) is 4.99 Å². The summed E-state index contributed by atoms with van der Waals surface area (Å²) in [5, 5.41) is 0.654. The van der Waals surface area contributed by atoms with Crippen LogP contribution in [0.5, 0.6) is 5.75 Å². The first-order valence-electron chi connectivity index (χ1n) is 10.1. The van der Waals surface area contributed by atoms with Crippen LogP contribution in [0.25, 0.3) is 0 Å². The van der Waals surface area contributed by atoms with Crippen molar-refractivity contribution in [2.45, 2.75) is 58.9 Å². The van der Waals surface area contributed by atoms with Crippen molar-refractivity contribution in [3.8, 4) is 5.75 Å². The van der Waals surface area contributed by atoms with Crippen LogP contribution in [0.4, 0.5) is 11.4 Å². The molecule has 0 saturated heterocycles. The maximum atomic E-state index is 6.14. The molecule has 28 heavy (non-hydrogen) atoms. The third kappa shape index (κ3) is 4.05. The molecule has 3 rings (SSSR count). The van der Waals surface area contributed by atoms with Crippen molar-refractivity contribution < 1.29 is 4.74 Å². The van der Waals surface area contributed by atoms with Crippen LogP contribution in [0.3, 0.4) is 0 Å². The van der Waals surface area contributed by atoms with Gasteiger partial charge in [0.15, 0.2) is 0 Å². The Morgan fingerprint density at radius 1 is 1.29 bits per heavy atom. The normalized spacial score (nSPS) is 18.4. The van der Waals surface area contributed by atoms with Gasteiger partial charge < -0.3 is 9.64 Å². The number of halogens is 1. The van der Waals surface area contributed by atoms with E-state index >= 15 is 0 Å². The lowest BCUT2D eigenvalue weighted by Crippen LogP contribution is -2.48. The van der Waals surface area contributed by atoms with Crippen LogP contribution in [-0.2, 0) is 0 Å². The number of fused-ring (bicyclic) bond motifs is 1. The lowest BCUT2D eigenvalue weighted by atomic mass is 9.79. The van der Waals surface area contributed by atoms with Crippen molar-refractivity contribution in [2.24, 2.45) is 4.99 Å². The smallest absolute Gasteiger partial charge is 0.144 e. The molecule has 1 heterocycles. The van der Waals surface area contributed by atoms with E-state index in [-0.39, 0.29) is 5.54 Å². The number of benzene rings is 2. The molecule has 0 radical (unpaired) electrons. The molecule has 0 amide bonds. The standard InChI is InChI=1S/C24H31ClN2O/c1-7-10-27-22-11-16(2)18(12-20(22)17(3)14-24(27,4)5)15-26-21-13-19(25)8-9-23(21)28-6/h8-9,11-13,15,17H,7,10,14H2,1-6H3. The van der Waals surface area contributed by atoms with E-state index in [4.69, 9.17) is 16.3 Å². The molecule has 0 N–H and O–H groups in total. The zero-order chi connectivity index (χ0) is 20.5. The van der Waals surface area contributed by atoms with E-state index in [0.29, 0.717) is 10.9 Å². The van der Waals surface area contributed by atoms with Gasteiger partial charge in [-0.05, 0) is 86.6 Å². The highest BCUT2D eigenvalue weighted by Gasteiger charge is 2.36. The average Bonchev–Trinajstić information content (AvgIpc) is 2.63. The second-order valence-corrected chi connectivity index (χ2v) is 8.85. The number of anilines is 1. The predicted molar refractivity (Wildman–Crippen MR) is 121 cm³/mol. The topological polar surface area (TPSA) is 24.8 Å². The van der Waals surface area contributed by atoms with Crippen LogP contribution in [0.15, 0.2) is 35.3 Å². The molecule has 0 aromatic heterocycles. The molecular formula is C24H31ClN2O. The van der Waals surface area contributed by atoms with Crippen molar-refractivity contribution in [2.75, 3.05) is 18.6 Å². The summed E-state index contributed by atoms with van der Waals surface area (Å²) in [5.41, 5.74) is 6.09. The number of hydrogen-bond acceptors (Lipinski definition) is 3. The number of ether oxygens (including phenoxy) is 1. The Morgan fingerprint density at radius 3 is 2.71 bits per heavy atom. The van der Waals surface area contributed by atoms with Gasteiger partial charge in [0.1, 0.15) is 11.4 Å². The zero-order valence-electron chi connectivity index (χ0n) is 17.8. The van der Waals surface area contributed by atoms with Crippen LogP contribution in [0.2, 0.25) is 5.02 Å². The minimum atomic E-state index is 0.179. The van der Waals surface area contributed by atoms with Crippen molar-refractivity contribution in [1.29, 1.82) is 0 Å². The molecule has 1 aliphatic heterocycles. The average molecular weight is 399 g/mol. The van der Waals surface area contributed by atoms with E-state index < -0.39 is 0 Å². The molecule has 4 heteroatoms. The van der Waals surface area contributed by atoms with Crippen LogP contribution in [0, 0.1) is 6.92 Å². The monoisotopic (exact) mass is 398 g/mol. The molecule has 0 saturated carbocycles. The number of nitrogens with zero attached hydrogens (tertiary/aromatic N) is 2. The summed E-state index contributed by atoms with van der Waals surface area (Å²) in [7, 11) is 1.65. The van der Waals surface area contributed by atoms with E-state index in [9.17, 15) is 0 Å². The molecule has 0 bridgehead atoms. The highest BCUT2D eigenvalue weighted by molar-refractivity contribution is 6.30. The fourth-order valence-corrected chi connectivity index (χ4v) is 4.51. The van der Waals surface area contributed by atoms with Crippen LogP contribution in [-0.4, -0.2) is 25.4 Å². The lowest BCUT2D eigenvalue weighted by Gasteiger charge is -2.48. The fourth-order valence-electron chi connectivity index (χ4n) is 4.34. The summed E-state index contributed by atoms with van der Waals surface area (Å²) >= 11 is 6.14. The fraction of sp³-hybridized carbons (Fsp3) is 0.458.